The zero-order valence-corrected chi connectivity index (χ0v) is 19.8. The molecule has 0 bridgehead atoms. The molecule has 3 rings (SSSR count). The molecule has 1 unspecified atom stereocenters. The fourth-order valence-corrected chi connectivity index (χ4v) is 3.80. The number of halogens is 1. The van der Waals surface area contributed by atoms with Crippen molar-refractivity contribution in [2.45, 2.75) is 65.1 Å². The van der Waals surface area contributed by atoms with E-state index < -0.39 is 11.6 Å². The number of amides is 2. The quantitative estimate of drug-likeness (QED) is 0.645. The molecule has 0 aromatic heterocycles. The fraction of sp³-hybridized carbons (Fsp3) is 0.462. The van der Waals surface area contributed by atoms with E-state index >= 15 is 0 Å². The lowest BCUT2D eigenvalue weighted by Gasteiger charge is -2.33. The van der Waals surface area contributed by atoms with Crippen molar-refractivity contribution in [2.24, 2.45) is 0 Å². The average molecular weight is 457 g/mol. The predicted molar refractivity (Wildman–Crippen MR) is 125 cm³/mol. The molecule has 6 nitrogen and oxygen atoms in total. The van der Waals surface area contributed by atoms with E-state index in [0.29, 0.717) is 37.6 Å². The molecular formula is C26H33FN2O4. The number of carbonyl (C=O) groups is 2. The maximum atomic E-state index is 13.4. The highest BCUT2D eigenvalue weighted by molar-refractivity contribution is 5.88. The molecule has 2 amide bonds. The summed E-state index contributed by atoms with van der Waals surface area (Å²) in [6.45, 7) is 8.87. The van der Waals surface area contributed by atoms with Crippen LogP contribution >= 0.6 is 0 Å². The Labute approximate surface area is 195 Å². The van der Waals surface area contributed by atoms with Crippen LogP contribution in [0.3, 0.4) is 0 Å². The Morgan fingerprint density at radius 2 is 1.67 bits per heavy atom. The van der Waals surface area contributed by atoms with Gasteiger partial charge in [0.25, 0.3) is 0 Å². The summed E-state index contributed by atoms with van der Waals surface area (Å²) in [6.07, 6.45) is 1.21. The van der Waals surface area contributed by atoms with Gasteiger partial charge in [0, 0.05) is 18.5 Å². The van der Waals surface area contributed by atoms with E-state index in [1.54, 1.807) is 17.0 Å². The summed E-state index contributed by atoms with van der Waals surface area (Å²) in [5, 5.41) is 2.99. The van der Waals surface area contributed by atoms with Crippen LogP contribution < -0.4 is 14.8 Å². The fourth-order valence-electron chi connectivity index (χ4n) is 3.80. The molecule has 0 saturated carbocycles. The number of ether oxygens (including phenoxy) is 2. The lowest BCUT2D eigenvalue weighted by Crippen LogP contribution is -2.53. The van der Waals surface area contributed by atoms with Crippen molar-refractivity contribution in [1.29, 1.82) is 0 Å². The van der Waals surface area contributed by atoms with Gasteiger partial charge in [-0.25, -0.2) is 4.39 Å². The first-order valence-electron chi connectivity index (χ1n) is 11.4. The number of carbonyl (C=O) groups excluding carboxylic acids is 2. The Balaban J connectivity index is 1.77. The minimum Gasteiger partial charge on any atom is -0.486 e. The summed E-state index contributed by atoms with van der Waals surface area (Å²) in [5.74, 6) is 0.724. The average Bonchev–Trinajstić information content (AvgIpc) is 2.77. The first kappa shape index (κ1) is 24.6. The minimum atomic E-state index is -0.623. The van der Waals surface area contributed by atoms with Crippen molar-refractivity contribution in [3.63, 3.8) is 0 Å². The number of hydrogen-bond acceptors (Lipinski definition) is 4. The van der Waals surface area contributed by atoms with E-state index in [-0.39, 0.29) is 30.6 Å². The Morgan fingerprint density at radius 3 is 2.30 bits per heavy atom. The third kappa shape index (κ3) is 6.94. The molecule has 2 aromatic rings. The van der Waals surface area contributed by atoms with Crippen molar-refractivity contribution in [3.05, 3.63) is 59.4 Å². The smallest absolute Gasteiger partial charge is 0.243 e. The highest BCUT2D eigenvalue weighted by Gasteiger charge is 2.30. The first-order valence-corrected chi connectivity index (χ1v) is 11.4. The second-order valence-corrected chi connectivity index (χ2v) is 9.29. The van der Waals surface area contributed by atoms with Gasteiger partial charge in [0.05, 0.1) is 0 Å². The molecule has 178 valence electrons. The third-order valence-corrected chi connectivity index (χ3v) is 5.38. The summed E-state index contributed by atoms with van der Waals surface area (Å²) >= 11 is 0. The molecule has 1 aliphatic heterocycles. The maximum absolute atomic E-state index is 13.4. The Hall–Kier alpha value is -3.09. The molecule has 0 fully saturated rings. The first-order chi connectivity index (χ1) is 15.7. The van der Waals surface area contributed by atoms with Gasteiger partial charge in [-0.3, -0.25) is 9.59 Å². The van der Waals surface area contributed by atoms with Gasteiger partial charge >= 0.3 is 0 Å². The molecule has 1 atom stereocenters. The molecule has 0 aliphatic carbocycles. The highest BCUT2D eigenvalue weighted by atomic mass is 19.1. The van der Waals surface area contributed by atoms with Gasteiger partial charge in [0.1, 0.15) is 25.1 Å². The van der Waals surface area contributed by atoms with Crippen LogP contribution in [-0.4, -0.2) is 41.5 Å². The molecule has 1 heterocycles. The van der Waals surface area contributed by atoms with Crippen molar-refractivity contribution in [3.8, 4) is 11.5 Å². The Kier molecular flexibility index (Phi) is 7.95. The second kappa shape index (κ2) is 10.7. The van der Waals surface area contributed by atoms with Gasteiger partial charge in [-0.05, 0) is 69.0 Å². The number of rotatable bonds is 8. The number of nitrogens with one attached hydrogen (secondary N) is 1. The molecule has 7 heteroatoms. The summed E-state index contributed by atoms with van der Waals surface area (Å²) < 4.78 is 24.6. The maximum Gasteiger partial charge on any atom is 0.243 e. The van der Waals surface area contributed by atoms with Crippen LogP contribution in [-0.2, 0) is 22.6 Å². The second-order valence-electron chi connectivity index (χ2n) is 9.29. The lowest BCUT2D eigenvalue weighted by atomic mass is 10.0. The molecule has 0 radical (unpaired) electrons. The molecule has 0 spiro atoms. The topological polar surface area (TPSA) is 67.9 Å². The van der Waals surface area contributed by atoms with E-state index in [2.05, 4.69) is 5.32 Å². The van der Waals surface area contributed by atoms with Gasteiger partial charge in [0.2, 0.25) is 11.8 Å². The van der Waals surface area contributed by atoms with Gasteiger partial charge in [-0.2, -0.15) is 0 Å². The van der Waals surface area contributed by atoms with E-state index in [4.69, 9.17) is 9.47 Å². The van der Waals surface area contributed by atoms with Crippen molar-refractivity contribution in [2.75, 3.05) is 13.2 Å². The van der Waals surface area contributed by atoms with Crippen molar-refractivity contribution in [1.82, 2.24) is 10.2 Å². The van der Waals surface area contributed by atoms with Crippen LogP contribution in [0.1, 0.15) is 51.7 Å². The normalized spacial score (nSPS) is 13.8. The van der Waals surface area contributed by atoms with E-state index in [1.165, 1.54) is 12.1 Å². The van der Waals surface area contributed by atoms with Crippen LogP contribution in [0.25, 0.3) is 0 Å². The molecular weight excluding hydrogens is 423 g/mol. The largest absolute Gasteiger partial charge is 0.486 e. The Bertz CT molecular complexity index is 969. The molecule has 33 heavy (non-hydrogen) atoms. The highest BCUT2D eigenvalue weighted by Crippen LogP contribution is 2.31. The predicted octanol–water partition coefficient (Wildman–Crippen LogP) is 4.25. The number of fused-ring (bicyclic) bond motifs is 1. The standard InChI is InChI=1S/C26H33FN2O4/c1-5-21(25(31)28-26(2,3)4)29(17-19-6-10-20(27)11-7-19)24(30)13-9-18-8-12-22-23(16-18)33-15-14-32-22/h6-8,10-12,16,21H,5,9,13-15,17H2,1-4H3,(H,28,31). The number of hydrogen-bond donors (Lipinski definition) is 1. The van der Waals surface area contributed by atoms with E-state index in [9.17, 15) is 14.0 Å². The van der Waals surface area contributed by atoms with Crippen LogP contribution in [0.5, 0.6) is 11.5 Å². The summed E-state index contributed by atoms with van der Waals surface area (Å²) in [4.78, 5) is 28.0. The van der Waals surface area contributed by atoms with E-state index in [1.807, 2.05) is 45.9 Å². The minimum absolute atomic E-state index is 0.134. The van der Waals surface area contributed by atoms with E-state index in [0.717, 1.165) is 11.1 Å². The van der Waals surface area contributed by atoms with Crippen LogP contribution in [0.2, 0.25) is 0 Å². The Morgan fingerprint density at radius 1 is 1.03 bits per heavy atom. The molecule has 1 N–H and O–H groups in total. The number of nitrogens with zero attached hydrogens (tertiary/aromatic N) is 1. The zero-order chi connectivity index (χ0) is 24.0. The number of benzene rings is 2. The van der Waals surface area contributed by atoms with Gasteiger partial charge in [0.15, 0.2) is 11.5 Å². The van der Waals surface area contributed by atoms with Crippen molar-refractivity contribution < 1.29 is 23.5 Å². The van der Waals surface area contributed by atoms with Crippen molar-refractivity contribution >= 4 is 11.8 Å². The van der Waals surface area contributed by atoms with Crippen LogP contribution in [0, 0.1) is 5.82 Å². The molecule has 2 aromatic carbocycles. The molecule has 1 aliphatic rings. The summed E-state index contributed by atoms with van der Waals surface area (Å²) in [7, 11) is 0. The van der Waals surface area contributed by atoms with Crippen LogP contribution in [0.15, 0.2) is 42.5 Å². The lowest BCUT2D eigenvalue weighted by molar-refractivity contribution is -0.142. The zero-order valence-electron chi connectivity index (χ0n) is 19.8. The van der Waals surface area contributed by atoms with Gasteiger partial charge in [-0.15, -0.1) is 0 Å². The monoisotopic (exact) mass is 456 g/mol. The SMILES string of the molecule is CCC(C(=O)NC(C)(C)C)N(Cc1ccc(F)cc1)C(=O)CCc1ccc2c(c1)OCCO2. The third-order valence-electron chi connectivity index (χ3n) is 5.38. The van der Waals surface area contributed by atoms with Crippen LogP contribution in [0.4, 0.5) is 4.39 Å². The van der Waals surface area contributed by atoms with Gasteiger partial charge < -0.3 is 19.7 Å². The summed E-state index contributed by atoms with van der Waals surface area (Å²) in [6, 6.07) is 11.1. The number of aryl methyl sites for hydroxylation is 1. The summed E-state index contributed by atoms with van der Waals surface area (Å²) in [5.41, 5.74) is 1.31. The van der Waals surface area contributed by atoms with Gasteiger partial charge in [-0.1, -0.05) is 25.1 Å². The molecule has 0 saturated heterocycles.